The number of hydrogen-bond acceptors (Lipinski definition) is 4. The standard InChI is InChI=1S/C49H29N3O/c1-2-11-31(12-3-1)44-36-15-4-6-17-38(36)45(39-18-7-5-16-37(39)44)34-27-42-48(51-29-34)46-41(25-24-40-35-14-8-9-19-43(35)53-49(40)46)47(52-42)32-22-20-30(21-23-32)33-13-10-26-50-28-33/h1-29H. The average Bonchev–Trinajstić information content (AvgIpc) is 3.62. The minimum Gasteiger partial charge on any atom is -0.455 e. The highest BCUT2D eigenvalue weighted by Crippen LogP contribution is 2.45. The lowest BCUT2D eigenvalue weighted by atomic mass is 9.86. The molecule has 0 spiro atoms. The van der Waals surface area contributed by atoms with E-state index in [0.717, 1.165) is 77.3 Å². The van der Waals surface area contributed by atoms with E-state index in [-0.39, 0.29) is 0 Å². The van der Waals surface area contributed by atoms with Gasteiger partial charge in [0, 0.05) is 45.9 Å². The molecule has 0 aliphatic rings. The number of aromatic nitrogens is 3. The highest BCUT2D eigenvalue weighted by atomic mass is 16.3. The molecule has 4 heterocycles. The smallest absolute Gasteiger partial charge is 0.145 e. The molecule has 0 N–H and O–H groups in total. The van der Waals surface area contributed by atoms with Crippen molar-refractivity contribution in [2.75, 3.05) is 0 Å². The van der Waals surface area contributed by atoms with Crippen LogP contribution in [-0.2, 0) is 0 Å². The summed E-state index contributed by atoms with van der Waals surface area (Å²) in [7, 11) is 0. The number of hydrogen-bond donors (Lipinski definition) is 0. The first-order chi connectivity index (χ1) is 26.3. The fourth-order valence-corrected chi connectivity index (χ4v) is 8.20. The molecule has 0 aliphatic heterocycles. The predicted octanol–water partition coefficient (Wildman–Crippen LogP) is 13.1. The number of furan rings is 1. The number of benzene rings is 7. The summed E-state index contributed by atoms with van der Waals surface area (Å²) < 4.78 is 6.65. The molecule has 0 saturated heterocycles. The largest absolute Gasteiger partial charge is 0.455 e. The summed E-state index contributed by atoms with van der Waals surface area (Å²) in [6.07, 6.45) is 5.71. The van der Waals surface area contributed by atoms with Crippen LogP contribution in [0, 0.1) is 0 Å². The summed E-state index contributed by atoms with van der Waals surface area (Å²) in [4.78, 5) is 15.0. The van der Waals surface area contributed by atoms with Crippen molar-refractivity contribution in [1.29, 1.82) is 0 Å². The number of fused-ring (bicyclic) bond motifs is 9. The summed E-state index contributed by atoms with van der Waals surface area (Å²) in [6.45, 7) is 0. The number of rotatable bonds is 4. The molecule has 4 aromatic heterocycles. The normalized spacial score (nSPS) is 11.8. The van der Waals surface area contributed by atoms with Gasteiger partial charge in [-0.05, 0) is 73.6 Å². The van der Waals surface area contributed by atoms with Crippen LogP contribution in [0.2, 0.25) is 0 Å². The lowest BCUT2D eigenvalue weighted by Crippen LogP contribution is -1.95. The number of pyridine rings is 3. The SMILES string of the molecule is c1ccc(-c2c3ccccc3c(-c3cnc4c(c3)nc(-c3ccc(-c5cccnc5)cc3)c3ccc5c6ccccc6oc5c34)c3ccccc23)cc1. The van der Waals surface area contributed by atoms with Crippen LogP contribution >= 0.6 is 0 Å². The van der Waals surface area contributed by atoms with Gasteiger partial charge in [-0.2, -0.15) is 0 Å². The van der Waals surface area contributed by atoms with Crippen molar-refractivity contribution in [3.8, 4) is 44.6 Å². The molecule has 4 nitrogen and oxygen atoms in total. The van der Waals surface area contributed by atoms with Crippen molar-refractivity contribution in [3.05, 3.63) is 176 Å². The monoisotopic (exact) mass is 675 g/mol. The molecule has 11 aromatic rings. The molecule has 0 aliphatic carbocycles. The Morgan fingerprint density at radius 2 is 1.02 bits per heavy atom. The molecule has 0 unspecified atom stereocenters. The predicted molar refractivity (Wildman–Crippen MR) is 219 cm³/mol. The Morgan fingerprint density at radius 1 is 0.415 bits per heavy atom. The van der Waals surface area contributed by atoms with Crippen LogP contribution in [-0.4, -0.2) is 15.0 Å². The van der Waals surface area contributed by atoms with E-state index in [1.807, 2.05) is 30.6 Å². The van der Waals surface area contributed by atoms with E-state index in [9.17, 15) is 0 Å². The second-order valence-corrected chi connectivity index (χ2v) is 13.5. The Bertz CT molecular complexity index is 3150. The molecule has 7 aromatic carbocycles. The molecule has 0 bridgehead atoms. The maximum atomic E-state index is 6.65. The Kier molecular flexibility index (Phi) is 6.52. The molecule has 0 fully saturated rings. The van der Waals surface area contributed by atoms with Gasteiger partial charge in [0.1, 0.15) is 16.7 Å². The number of nitrogens with zero attached hydrogens (tertiary/aromatic N) is 3. The molecular weight excluding hydrogens is 647 g/mol. The minimum atomic E-state index is 0.814. The van der Waals surface area contributed by atoms with Gasteiger partial charge in [0.15, 0.2) is 0 Å². The maximum absolute atomic E-state index is 6.65. The van der Waals surface area contributed by atoms with E-state index in [1.54, 1.807) is 6.20 Å². The molecule has 246 valence electrons. The Hall–Kier alpha value is -7.17. The van der Waals surface area contributed by atoms with E-state index >= 15 is 0 Å². The highest BCUT2D eigenvalue weighted by molar-refractivity contribution is 6.25. The first kappa shape index (κ1) is 29.5. The highest BCUT2D eigenvalue weighted by Gasteiger charge is 2.21. The molecule has 11 rings (SSSR count). The molecule has 0 radical (unpaired) electrons. The van der Waals surface area contributed by atoms with Crippen molar-refractivity contribution in [1.82, 2.24) is 15.0 Å². The van der Waals surface area contributed by atoms with Crippen molar-refractivity contribution >= 4 is 65.3 Å². The van der Waals surface area contributed by atoms with E-state index < -0.39 is 0 Å². The maximum Gasteiger partial charge on any atom is 0.145 e. The molecule has 53 heavy (non-hydrogen) atoms. The Morgan fingerprint density at radius 3 is 1.72 bits per heavy atom. The van der Waals surface area contributed by atoms with E-state index in [2.05, 4.69) is 145 Å². The van der Waals surface area contributed by atoms with E-state index in [4.69, 9.17) is 14.4 Å². The summed E-state index contributed by atoms with van der Waals surface area (Å²) in [5, 5.41) is 8.89. The molecule has 4 heteroatoms. The second kappa shape index (κ2) is 11.7. The zero-order valence-electron chi connectivity index (χ0n) is 28.5. The fraction of sp³-hybridized carbons (Fsp3) is 0. The zero-order valence-corrected chi connectivity index (χ0v) is 28.5. The van der Waals surface area contributed by atoms with Gasteiger partial charge in [0.25, 0.3) is 0 Å². The van der Waals surface area contributed by atoms with Crippen LogP contribution in [0.15, 0.2) is 181 Å². The van der Waals surface area contributed by atoms with Gasteiger partial charge in [0.2, 0.25) is 0 Å². The zero-order chi connectivity index (χ0) is 34.9. The Balaban J connectivity index is 1.21. The van der Waals surface area contributed by atoms with Gasteiger partial charge >= 0.3 is 0 Å². The van der Waals surface area contributed by atoms with Crippen molar-refractivity contribution in [2.24, 2.45) is 0 Å². The van der Waals surface area contributed by atoms with Crippen LogP contribution in [0.3, 0.4) is 0 Å². The topological polar surface area (TPSA) is 51.8 Å². The first-order valence-electron chi connectivity index (χ1n) is 17.8. The van der Waals surface area contributed by atoms with Gasteiger partial charge in [-0.25, -0.2) is 4.98 Å². The van der Waals surface area contributed by atoms with Gasteiger partial charge in [-0.1, -0.05) is 133 Å². The van der Waals surface area contributed by atoms with E-state index in [1.165, 1.54) is 32.7 Å². The molecule has 0 atom stereocenters. The van der Waals surface area contributed by atoms with Crippen LogP contribution < -0.4 is 0 Å². The van der Waals surface area contributed by atoms with Gasteiger partial charge < -0.3 is 4.42 Å². The third-order valence-electron chi connectivity index (χ3n) is 10.6. The van der Waals surface area contributed by atoms with Gasteiger partial charge in [0.05, 0.1) is 16.6 Å². The fourth-order valence-electron chi connectivity index (χ4n) is 8.20. The van der Waals surface area contributed by atoms with Crippen LogP contribution in [0.4, 0.5) is 0 Å². The van der Waals surface area contributed by atoms with Crippen LogP contribution in [0.5, 0.6) is 0 Å². The lowest BCUT2D eigenvalue weighted by molar-refractivity contribution is 0.673. The second-order valence-electron chi connectivity index (χ2n) is 13.5. The summed E-state index contributed by atoms with van der Waals surface area (Å²) in [5.74, 6) is 0. The lowest BCUT2D eigenvalue weighted by Gasteiger charge is -2.18. The molecule has 0 saturated carbocycles. The summed E-state index contributed by atoms with van der Waals surface area (Å²) in [5.41, 5.74) is 12.0. The van der Waals surface area contributed by atoms with Crippen LogP contribution in [0.1, 0.15) is 0 Å². The summed E-state index contributed by atoms with van der Waals surface area (Å²) in [6, 6.07) is 55.5. The van der Waals surface area contributed by atoms with Crippen LogP contribution in [0.25, 0.3) is 110 Å². The average molecular weight is 676 g/mol. The van der Waals surface area contributed by atoms with E-state index in [0.29, 0.717) is 0 Å². The third kappa shape index (κ3) is 4.59. The van der Waals surface area contributed by atoms with Crippen molar-refractivity contribution in [3.63, 3.8) is 0 Å². The minimum absolute atomic E-state index is 0.814. The summed E-state index contributed by atoms with van der Waals surface area (Å²) >= 11 is 0. The van der Waals surface area contributed by atoms with Gasteiger partial charge in [-0.15, -0.1) is 0 Å². The number of para-hydroxylation sites is 1. The quantitative estimate of drug-likeness (QED) is 0.138. The first-order valence-corrected chi connectivity index (χ1v) is 17.8. The van der Waals surface area contributed by atoms with Gasteiger partial charge in [-0.3, -0.25) is 9.97 Å². The molecule has 0 amide bonds. The van der Waals surface area contributed by atoms with Crippen molar-refractivity contribution < 1.29 is 4.42 Å². The Labute approximate surface area is 304 Å². The third-order valence-corrected chi connectivity index (χ3v) is 10.6. The van der Waals surface area contributed by atoms with Crippen molar-refractivity contribution in [2.45, 2.75) is 0 Å². The molecular formula is C49H29N3O.